The van der Waals surface area contributed by atoms with Gasteiger partial charge in [0.1, 0.15) is 0 Å². The molecule has 0 radical (unpaired) electrons. The molecule has 0 atom stereocenters. The average Bonchev–Trinajstić information content (AvgIpc) is 2.86. The lowest BCUT2D eigenvalue weighted by atomic mass is 10.2. The monoisotopic (exact) mass is 328 g/mol. The van der Waals surface area contributed by atoms with E-state index in [0.717, 1.165) is 12.7 Å². The molecule has 110 valence electrons. The topological polar surface area (TPSA) is 81.4 Å². The van der Waals surface area contributed by atoms with Crippen LogP contribution in [0.3, 0.4) is 0 Å². The molecule has 1 aromatic heterocycles. The maximum absolute atomic E-state index is 11.5. The van der Waals surface area contributed by atoms with Gasteiger partial charge in [-0.15, -0.1) is 0 Å². The fourth-order valence-corrected chi connectivity index (χ4v) is 2.13. The molecule has 0 aliphatic heterocycles. The summed E-state index contributed by atoms with van der Waals surface area (Å²) >= 11 is 11.7. The molecule has 0 saturated carbocycles. The van der Waals surface area contributed by atoms with Crippen LogP contribution in [0.1, 0.15) is 26.5 Å². The Balaban J connectivity index is 2.40. The van der Waals surface area contributed by atoms with E-state index in [2.05, 4.69) is 9.72 Å². The van der Waals surface area contributed by atoms with E-state index in [-0.39, 0.29) is 17.9 Å². The van der Waals surface area contributed by atoms with Gasteiger partial charge in [0.25, 0.3) is 0 Å². The Hall–Kier alpha value is -2.05. The molecule has 0 amide bonds. The molecule has 8 heteroatoms. The van der Waals surface area contributed by atoms with Crippen LogP contribution < -0.4 is 0 Å². The van der Waals surface area contributed by atoms with Crippen LogP contribution in [0.4, 0.5) is 0 Å². The molecule has 0 aliphatic carbocycles. The molecule has 2 rings (SSSR count). The molecule has 21 heavy (non-hydrogen) atoms. The number of aromatic carboxylic acids is 1. The highest BCUT2D eigenvalue weighted by Crippen LogP contribution is 2.23. The van der Waals surface area contributed by atoms with Crippen LogP contribution in [0.25, 0.3) is 0 Å². The maximum atomic E-state index is 11.5. The summed E-state index contributed by atoms with van der Waals surface area (Å²) < 4.78 is 5.84. The van der Waals surface area contributed by atoms with Gasteiger partial charge in [-0.25, -0.2) is 14.6 Å². The summed E-state index contributed by atoms with van der Waals surface area (Å²) in [6.45, 7) is 0.183. The van der Waals surface area contributed by atoms with Crippen molar-refractivity contribution in [3.05, 3.63) is 51.5 Å². The minimum absolute atomic E-state index is 0.183. The van der Waals surface area contributed by atoms with Gasteiger partial charge in [-0.05, 0) is 17.7 Å². The number of carboxylic acid groups (broad SMARTS) is 1. The van der Waals surface area contributed by atoms with E-state index in [0.29, 0.717) is 10.0 Å². The van der Waals surface area contributed by atoms with Crippen LogP contribution in [0.2, 0.25) is 10.0 Å². The first-order valence-corrected chi connectivity index (χ1v) is 6.50. The number of ether oxygens (including phenoxy) is 1. The standard InChI is InChI=1S/C13H10Cl2N2O4/c1-21-13(20)10-11(12(18)19)17(6-16-10)5-7-2-3-8(14)9(15)4-7/h2-4,6H,5H2,1H3,(H,18,19). The molecule has 1 heterocycles. The van der Waals surface area contributed by atoms with Gasteiger partial charge >= 0.3 is 11.9 Å². The summed E-state index contributed by atoms with van der Waals surface area (Å²) in [6.07, 6.45) is 1.26. The maximum Gasteiger partial charge on any atom is 0.359 e. The van der Waals surface area contributed by atoms with E-state index in [1.807, 2.05) is 0 Å². The highest BCUT2D eigenvalue weighted by Gasteiger charge is 2.24. The van der Waals surface area contributed by atoms with E-state index >= 15 is 0 Å². The normalized spacial score (nSPS) is 10.4. The SMILES string of the molecule is COC(=O)c1ncn(Cc2ccc(Cl)c(Cl)c2)c1C(=O)O. The number of benzene rings is 1. The van der Waals surface area contributed by atoms with Crippen molar-refractivity contribution in [3.63, 3.8) is 0 Å². The van der Waals surface area contributed by atoms with Crippen molar-refractivity contribution < 1.29 is 19.4 Å². The molecule has 6 nitrogen and oxygen atoms in total. The average molecular weight is 329 g/mol. The van der Waals surface area contributed by atoms with E-state index in [1.165, 1.54) is 10.9 Å². The van der Waals surface area contributed by atoms with Crippen molar-refractivity contribution in [2.24, 2.45) is 0 Å². The van der Waals surface area contributed by atoms with Crippen molar-refractivity contribution >= 4 is 35.1 Å². The number of halogens is 2. The summed E-state index contributed by atoms with van der Waals surface area (Å²) in [7, 11) is 1.16. The number of carboxylic acids is 1. The smallest absolute Gasteiger partial charge is 0.359 e. The second-order valence-corrected chi connectivity index (χ2v) is 4.93. The summed E-state index contributed by atoms with van der Waals surface area (Å²) in [5.74, 6) is -2.08. The second-order valence-electron chi connectivity index (χ2n) is 4.11. The molecule has 1 N–H and O–H groups in total. The van der Waals surface area contributed by atoms with Crippen LogP contribution in [-0.4, -0.2) is 33.7 Å². The molecular formula is C13H10Cl2N2O4. The summed E-state index contributed by atoms with van der Waals surface area (Å²) in [6, 6.07) is 4.93. The Labute approximate surface area is 129 Å². The molecule has 0 fully saturated rings. The van der Waals surface area contributed by atoms with Gasteiger partial charge in [-0.1, -0.05) is 29.3 Å². The molecule has 0 bridgehead atoms. The van der Waals surface area contributed by atoms with Crippen LogP contribution >= 0.6 is 23.2 Å². The summed E-state index contributed by atoms with van der Waals surface area (Å²) in [5, 5.41) is 10.0. The largest absolute Gasteiger partial charge is 0.476 e. The number of carbonyl (C=O) groups excluding carboxylic acids is 1. The van der Waals surface area contributed by atoms with Gasteiger partial charge in [-0.3, -0.25) is 0 Å². The lowest BCUT2D eigenvalue weighted by molar-refractivity contribution is 0.0574. The Morgan fingerprint density at radius 1 is 1.33 bits per heavy atom. The van der Waals surface area contributed by atoms with Gasteiger partial charge in [0, 0.05) is 6.54 Å². The quantitative estimate of drug-likeness (QED) is 0.872. The highest BCUT2D eigenvalue weighted by atomic mass is 35.5. The first kappa shape index (κ1) is 15.3. The fraction of sp³-hybridized carbons (Fsp3) is 0.154. The van der Waals surface area contributed by atoms with Crippen molar-refractivity contribution in [1.82, 2.24) is 9.55 Å². The summed E-state index contributed by atoms with van der Waals surface area (Å²) in [4.78, 5) is 26.6. The third-order valence-electron chi connectivity index (χ3n) is 2.76. The van der Waals surface area contributed by atoms with Crippen LogP contribution in [-0.2, 0) is 11.3 Å². The zero-order valence-corrected chi connectivity index (χ0v) is 12.4. The molecule has 0 aliphatic rings. The Kier molecular flexibility index (Phi) is 4.50. The Morgan fingerprint density at radius 2 is 2.05 bits per heavy atom. The third-order valence-corrected chi connectivity index (χ3v) is 3.50. The molecular weight excluding hydrogens is 319 g/mol. The molecule has 1 aromatic carbocycles. The third kappa shape index (κ3) is 3.17. The highest BCUT2D eigenvalue weighted by molar-refractivity contribution is 6.42. The zero-order valence-electron chi connectivity index (χ0n) is 10.8. The van der Waals surface area contributed by atoms with Gasteiger partial charge in [0.05, 0.1) is 23.5 Å². The van der Waals surface area contributed by atoms with Crippen molar-refractivity contribution in [2.75, 3.05) is 7.11 Å². The lowest BCUT2D eigenvalue weighted by Gasteiger charge is -2.07. The number of nitrogens with zero attached hydrogens (tertiary/aromatic N) is 2. The number of hydrogen-bond acceptors (Lipinski definition) is 4. The van der Waals surface area contributed by atoms with Crippen molar-refractivity contribution in [1.29, 1.82) is 0 Å². The summed E-state index contributed by atoms with van der Waals surface area (Å²) in [5.41, 5.74) is 0.235. The van der Waals surface area contributed by atoms with Crippen molar-refractivity contribution in [3.8, 4) is 0 Å². The van der Waals surface area contributed by atoms with E-state index < -0.39 is 11.9 Å². The Morgan fingerprint density at radius 3 is 2.62 bits per heavy atom. The Bertz CT molecular complexity index is 712. The van der Waals surface area contributed by atoms with Gasteiger partial charge < -0.3 is 14.4 Å². The number of imidazole rings is 1. The minimum Gasteiger partial charge on any atom is -0.476 e. The molecule has 0 spiro atoms. The number of rotatable bonds is 4. The van der Waals surface area contributed by atoms with E-state index in [1.54, 1.807) is 18.2 Å². The van der Waals surface area contributed by atoms with Crippen LogP contribution in [0, 0.1) is 0 Å². The predicted octanol–water partition coefficient (Wildman–Crippen LogP) is 2.72. The lowest BCUT2D eigenvalue weighted by Crippen LogP contribution is -2.14. The number of esters is 1. The van der Waals surface area contributed by atoms with Gasteiger partial charge in [0.2, 0.25) is 0 Å². The number of hydrogen-bond donors (Lipinski definition) is 1. The van der Waals surface area contributed by atoms with E-state index in [4.69, 9.17) is 23.2 Å². The number of aromatic nitrogens is 2. The number of methoxy groups -OCH3 is 1. The van der Waals surface area contributed by atoms with E-state index in [9.17, 15) is 14.7 Å². The molecule has 2 aromatic rings. The van der Waals surface area contributed by atoms with Crippen LogP contribution in [0.15, 0.2) is 24.5 Å². The van der Waals surface area contributed by atoms with Crippen molar-refractivity contribution in [2.45, 2.75) is 6.54 Å². The van der Waals surface area contributed by atoms with Crippen LogP contribution in [0.5, 0.6) is 0 Å². The number of carbonyl (C=O) groups is 2. The minimum atomic E-state index is -1.27. The fourth-order valence-electron chi connectivity index (χ4n) is 1.81. The predicted molar refractivity (Wildman–Crippen MR) is 76.1 cm³/mol. The van der Waals surface area contributed by atoms with Gasteiger partial charge in [0.15, 0.2) is 11.4 Å². The second kappa shape index (κ2) is 6.15. The molecule has 0 saturated heterocycles. The van der Waals surface area contributed by atoms with Gasteiger partial charge in [-0.2, -0.15) is 0 Å². The molecule has 0 unspecified atom stereocenters. The first-order chi connectivity index (χ1) is 9.93. The first-order valence-electron chi connectivity index (χ1n) is 5.74. The zero-order chi connectivity index (χ0) is 15.6.